The number of rotatable bonds is 2. The van der Waals surface area contributed by atoms with Crippen LogP contribution in [-0.4, -0.2) is 35.0 Å². The van der Waals surface area contributed by atoms with E-state index in [2.05, 4.69) is 10.2 Å². The van der Waals surface area contributed by atoms with Crippen LogP contribution in [0.4, 0.5) is 0 Å². The van der Waals surface area contributed by atoms with Crippen LogP contribution >= 0.6 is 11.6 Å². The highest BCUT2D eigenvalue weighted by molar-refractivity contribution is 6.29. The average molecular weight is 199 g/mol. The van der Waals surface area contributed by atoms with Gasteiger partial charge in [0.25, 0.3) is 0 Å². The van der Waals surface area contributed by atoms with Crippen molar-refractivity contribution in [2.75, 3.05) is 14.1 Å². The summed E-state index contributed by atoms with van der Waals surface area (Å²) in [5.41, 5.74) is 0.753. The van der Waals surface area contributed by atoms with Gasteiger partial charge >= 0.3 is 0 Å². The molecule has 0 bridgehead atoms. The number of nitrogens with one attached hydrogen (secondary N) is 1. The van der Waals surface area contributed by atoms with Gasteiger partial charge in [-0.2, -0.15) is 5.10 Å². The van der Waals surface area contributed by atoms with E-state index in [-0.39, 0.29) is 0 Å². The van der Waals surface area contributed by atoms with E-state index in [0.29, 0.717) is 17.4 Å². The van der Waals surface area contributed by atoms with Gasteiger partial charge in [-0.05, 0) is 12.1 Å². The lowest BCUT2D eigenvalue weighted by Crippen LogP contribution is -2.23. The van der Waals surface area contributed by atoms with Crippen molar-refractivity contribution in [3.63, 3.8) is 0 Å². The Bertz CT molecular complexity index is 294. The maximum Gasteiger partial charge on any atom is 0.151 e. The molecule has 0 radical (unpaired) electrons. The number of aromatic nitrogens is 2. The van der Waals surface area contributed by atoms with Crippen LogP contribution in [-0.2, 0) is 6.42 Å². The van der Waals surface area contributed by atoms with Gasteiger partial charge in [0.05, 0.1) is 5.69 Å². The standard InChI is InChI=1S/C8H11ClN4/c1-13(2)8(10)5-6-3-4-7(9)12-11-6/h3-4,10H,5H2,1-2H3. The second-order valence-corrected chi connectivity index (χ2v) is 3.25. The number of hydrogen-bond donors (Lipinski definition) is 1. The first kappa shape index (κ1) is 9.92. The second kappa shape index (κ2) is 4.18. The zero-order valence-electron chi connectivity index (χ0n) is 7.58. The van der Waals surface area contributed by atoms with E-state index in [1.165, 1.54) is 0 Å². The summed E-state index contributed by atoms with van der Waals surface area (Å²) in [7, 11) is 3.65. The molecule has 5 heteroatoms. The molecule has 0 unspecified atom stereocenters. The fourth-order valence-electron chi connectivity index (χ4n) is 0.768. The van der Waals surface area contributed by atoms with E-state index in [4.69, 9.17) is 17.0 Å². The van der Waals surface area contributed by atoms with E-state index < -0.39 is 0 Å². The maximum absolute atomic E-state index is 7.56. The third kappa shape index (κ3) is 2.99. The summed E-state index contributed by atoms with van der Waals surface area (Å²) >= 11 is 5.57. The lowest BCUT2D eigenvalue weighted by Gasteiger charge is -2.12. The third-order valence-corrected chi connectivity index (χ3v) is 1.78. The molecule has 4 nitrogen and oxygen atoms in total. The first-order valence-electron chi connectivity index (χ1n) is 3.82. The van der Waals surface area contributed by atoms with Crippen molar-refractivity contribution in [1.82, 2.24) is 15.1 Å². The molecule has 0 fully saturated rings. The van der Waals surface area contributed by atoms with Crippen LogP contribution in [0, 0.1) is 5.41 Å². The molecule has 0 aliphatic carbocycles. The smallest absolute Gasteiger partial charge is 0.151 e. The molecule has 0 spiro atoms. The van der Waals surface area contributed by atoms with Crippen LogP contribution < -0.4 is 0 Å². The van der Waals surface area contributed by atoms with Crippen molar-refractivity contribution < 1.29 is 0 Å². The van der Waals surface area contributed by atoms with Gasteiger partial charge in [-0.3, -0.25) is 5.41 Å². The molecule has 70 valence electrons. The fraction of sp³-hybridized carbons (Fsp3) is 0.375. The number of likely N-dealkylation sites (N-methyl/N-ethyl adjacent to an activating group) is 1. The van der Waals surface area contributed by atoms with Crippen molar-refractivity contribution in [3.05, 3.63) is 23.0 Å². The minimum atomic E-state index is 0.375. The first-order chi connectivity index (χ1) is 6.09. The number of halogens is 1. The van der Waals surface area contributed by atoms with E-state index >= 15 is 0 Å². The largest absolute Gasteiger partial charge is 0.366 e. The van der Waals surface area contributed by atoms with E-state index in [1.807, 2.05) is 14.1 Å². The molecule has 1 N–H and O–H groups in total. The SMILES string of the molecule is CN(C)C(=N)Cc1ccc(Cl)nn1. The van der Waals surface area contributed by atoms with Crippen LogP contribution in [0.2, 0.25) is 5.15 Å². The number of hydrogen-bond acceptors (Lipinski definition) is 3. The van der Waals surface area contributed by atoms with E-state index in [0.717, 1.165) is 5.69 Å². The van der Waals surface area contributed by atoms with Gasteiger partial charge in [-0.1, -0.05) is 11.6 Å². The highest BCUT2D eigenvalue weighted by Crippen LogP contribution is 2.03. The van der Waals surface area contributed by atoms with Crippen molar-refractivity contribution in [2.24, 2.45) is 0 Å². The Morgan fingerprint density at radius 3 is 2.62 bits per heavy atom. The van der Waals surface area contributed by atoms with Gasteiger partial charge in [0.2, 0.25) is 0 Å². The molecule has 0 saturated heterocycles. The number of amidine groups is 1. The summed E-state index contributed by atoms with van der Waals surface area (Å²) in [6.07, 6.45) is 0.483. The molecular weight excluding hydrogens is 188 g/mol. The van der Waals surface area contributed by atoms with Gasteiger partial charge in [0.1, 0.15) is 5.84 Å². The van der Waals surface area contributed by atoms with Crippen LogP contribution in [0.1, 0.15) is 5.69 Å². The molecule has 0 aliphatic rings. The quantitative estimate of drug-likeness (QED) is 0.574. The van der Waals surface area contributed by atoms with E-state index in [9.17, 15) is 0 Å². The Kier molecular flexibility index (Phi) is 3.19. The molecule has 1 heterocycles. The molecule has 0 amide bonds. The third-order valence-electron chi connectivity index (χ3n) is 1.58. The maximum atomic E-state index is 7.56. The van der Waals surface area contributed by atoms with Crippen molar-refractivity contribution in [2.45, 2.75) is 6.42 Å². The fourth-order valence-corrected chi connectivity index (χ4v) is 0.868. The Morgan fingerprint density at radius 2 is 2.15 bits per heavy atom. The highest BCUT2D eigenvalue weighted by Gasteiger charge is 2.02. The average Bonchev–Trinajstić information content (AvgIpc) is 2.08. The molecule has 0 aliphatic heterocycles. The van der Waals surface area contributed by atoms with Crippen molar-refractivity contribution in [3.8, 4) is 0 Å². The summed E-state index contributed by atoms with van der Waals surface area (Å²) in [5, 5.41) is 15.5. The molecule has 1 aromatic heterocycles. The summed E-state index contributed by atoms with van der Waals surface area (Å²) in [6, 6.07) is 3.44. The van der Waals surface area contributed by atoms with Gasteiger partial charge in [0.15, 0.2) is 5.15 Å². The normalized spacial score (nSPS) is 9.77. The Morgan fingerprint density at radius 1 is 1.46 bits per heavy atom. The second-order valence-electron chi connectivity index (χ2n) is 2.87. The van der Waals surface area contributed by atoms with Gasteiger partial charge < -0.3 is 4.90 Å². The minimum Gasteiger partial charge on any atom is -0.366 e. The Labute approximate surface area is 82.0 Å². The van der Waals surface area contributed by atoms with Crippen LogP contribution in [0.3, 0.4) is 0 Å². The minimum absolute atomic E-state index is 0.375. The monoisotopic (exact) mass is 198 g/mol. The highest BCUT2D eigenvalue weighted by atomic mass is 35.5. The number of nitrogens with zero attached hydrogens (tertiary/aromatic N) is 3. The van der Waals surface area contributed by atoms with Crippen LogP contribution in [0.25, 0.3) is 0 Å². The zero-order chi connectivity index (χ0) is 9.84. The summed E-state index contributed by atoms with van der Waals surface area (Å²) in [6.45, 7) is 0. The molecule has 0 atom stereocenters. The lowest BCUT2D eigenvalue weighted by molar-refractivity contribution is 0.603. The molecule has 1 rings (SSSR count). The summed E-state index contributed by atoms with van der Waals surface area (Å²) < 4.78 is 0. The van der Waals surface area contributed by atoms with Crippen LogP contribution in [0.15, 0.2) is 12.1 Å². The van der Waals surface area contributed by atoms with Crippen LogP contribution in [0.5, 0.6) is 0 Å². The lowest BCUT2D eigenvalue weighted by atomic mass is 10.2. The molecule has 1 aromatic rings. The van der Waals surface area contributed by atoms with Gasteiger partial charge in [-0.25, -0.2) is 0 Å². The molecule has 0 saturated carbocycles. The van der Waals surface area contributed by atoms with Gasteiger partial charge in [0, 0.05) is 20.5 Å². The first-order valence-corrected chi connectivity index (χ1v) is 4.20. The predicted octanol–water partition coefficient (Wildman–Crippen LogP) is 1.21. The summed E-state index contributed by atoms with van der Waals surface area (Å²) in [4.78, 5) is 1.73. The topological polar surface area (TPSA) is 52.9 Å². The predicted molar refractivity (Wildman–Crippen MR) is 52.2 cm³/mol. The molecule has 13 heavy (non-hydrogen) atoms. The Balaban J connectivity index is 2.65. The zero-order valence-corrected chi connectivity index (χ0v) is 8.34. The summed E-state index contributed by atoms with van der Waals surface area (Å²) in [5.74, 6) is 0.497. The van der Waals surface area contributed by atoms with Crippen molar-refractivity contribution >= 4 is 17.4 Å². The Hall–Kier alpha value is -1.16. The van der Waals surface area contributed by atoms with Crippen molar-refractivity contribution in [1.29, 1.82) is 5.41 Å². The molecular formula is C8H11ClN4. The van der Waals surface area contributed by atoms with E-state index in [1.54, 1.807) is 17.0 Å². The van der Waals surface area contributed by atoms with Gasteiger partial charge in [-0.15, -0.1) is 5.10 Å². The molecule has 0 aromatic carbocycles.